The monoisotopic (exact) mass is 320 g/mol. The Bertz CT molecular complexity index is 559. The normalized spacial score (nSPS) is 10.9. The van der Waals surface area contributed by atoms with E-state index in [0.717, 1.165) is 5.56 Å². The Kier molecular flexibility index (Phi) is 6.75. The minimum absolute atomic E-state index is 0.0349. The van der Waals surface area contributed by atoms with Crippen LogP contribution in [0.2, 0.25) is 0 Å². The van der Waals surface area contributed by atoms with Gasteiger partial charge in [0.05, 0.1) is 12.1 Å². The summed E-state index contributed by atoms with van der Waals surface area (Å²) in [6.07, 6.45) is 0.970. The van der Waals surface area contributed by atoms with Crippen molar-refractivity contribution < 1.29 is 19.5 Å². The van der Waals surface area contributed by atoms with Crippen LogP contribution >= 0.6 is 0 Å². The van der Waals surface area contributed by atoms with Crippen molar-refractivity contribution in [2.75, 3.05) is 13.1 Å². The molecule has 0 atom stereocenters. The van der Waals surface area contributed by atoms with Crippen LogP contribution in [-0.4, -0.2) is 36.0 Å². The molecule has 0 spiro atoms. The lowest BCUT2D eigenvalue weighted by molar-refractivity contribution is -0.127. The van der Waals surface area contributed by atoms with Gasteiger partial charge in [-0.3, -0.25) is 9.59 Å². The highest BCUT2D eigenvalue weighted by Gasteiger charge is 2.16. The molecule has 0 heterocycles. The number of hydrogen-bond donors (Lipinski definition) is 3. The van der Waals surface area contributed by atoms with Crippen LogP contribution in [0.15, 0.2) is 24.3 Å². The molecule has 0 bridgehead atoms. The van der Waals surface area contributed by atoms with Gasteiger partial charge in [-0.2, -0.15) is 0 Å². The number of benzene rings is 1. The fourth-order valence-electron chi connectivity index (χ4n) is 1.95. The van der Waals surface area contributed by atoms with Crippen LogP contribution < -0.4 is 10.6 Å². The average molecular weight is 320 g/mol. The molecule has 0 saturated carbocycles. The second-order valence-corrected chi connectivity index (χ2v) is 6.62. The van der Waals surface area contributed by atoms with Crippen molar-refractivity contribution >= 4 is 17.8 Å². The third kappa shape index (κ3) is 7.99. The van der Waals surface area contributed by atoms with E-state index >= 15 is 0 Å². The summed E-state index contributed by atoms with van der Waals surface area (Å²) in [5.41, 5.74) is 1.06. The molecule has 0 radical (unpaired) electrons. The van der Waals surface area contributed by atoms with Gasteiger partial charge in [0.1, 0.15) is 0 Å². The Balaban J connectivity index is 2.26. The number of carboxylic acids is 1. The van der Waals surface area contributed by atoms with Crippen molar-refractivity contribution in [3.8, 4) is 0 Å². The first-order valence-electron chi connectivity index (χ1n) is 7.53. The lowest BCUT2D eigenvalue weighted by Crippen LogP contribution is -2.38. The summed E-state index contributed by atoms with van der Waals surface area (Å²) in [4.78, 5) is 34.0. The SMILES string of the molecule is CC(C)(C)CC(=O)NCC(=O)NCCc1ccc(C(=O)O)cc1. The van der Waals surface area contributed by atoms with Crippen LogP contribution in [0.5, 0.6) is 0 Å². The van der Waals surface area contributed by atoms with Crippen LogP contribution in [0, 0.1) is 5.41 Å². The summed E-state index contributed by atoms with van der Waals surface area (Å²) in [5.74, 6) is -1.35. The number of carbonyl (C=O) groups is 3. The quantitative estimate of drug-likeness (QED) is 0.711. The molecule has 0 unspecified atom stereocenters. The molecule has 3 N–H and O–H groups in total. The second-order valence-electron chi connectivity index (χ2n) is 6.62. The summed E-state index contributed by atoms with van der Waals surface area (Å²) in [5, 5.41) is 14.1. The number of carboxylic acid groups (broad SMARTS) is 1. The van der Waals surface area contributed by atoms with E-state index in [9.17, 15) is 14.4 Å². The van der Waals surface area contributed by atoms with Gasteiger partial charge in [0.15, 0.2) is 0 Å². The predicted octanol–water partition coefficient (Wildman–Crippen LogP) is 1.60. The number of hydrogen-bond acceptors (Lipinski definition) is 3. The fourth-order valence-corrected chi connectivity index (χ4v) is 1.95. The molecule has 6 nitrogen and oxygen atoms in total. The molecule has 6 heteroatoms. The number of nitrogens with one attached hydrogen (secondary N) is 2. The molecule has 0 fully saturated rings. The summed E-state index contributed by atoms with van der Waals surface area (Å²) in [6, 6.07) is 6.51. The molecule has 0 aliphatic carbocycles. The number of carbonyl (C=O) groups excluding carboxylic acids is 2. The zero-order valence-electron chi connectivity index (χ0n) is 13.8. The predicted molar refractivity (Wildman–Crippen MR) is 87.2 cm³/mol. The molecule has 1 rings (SSSR count). The van der Waals surface area contributed by atoms with Crippen LogP contribution in [0.1, 0.15) is 43.1 Å². The smallest absolute Gasteiger partial charge is 0.335 e. The van der Waals surface area contributed by atoms with Crippen molar-refractivity contribution in [3.05, 3.63) is 35.4 Å². The van der Waals surface area contributed by atoms with Gasteiger partial charge in [-0.15, -0.1) is 0 Å². The molecule has 1 aromatic rings. The van der Waals surface area contributed by atoms with Crippen molar-refractivity contribution in [2.24, 2.45) is 5.41 Å². The first kappa shape index (κ1) is 18.7. The maximum absolute atomic E-state index is 11.6. The Morgan fingerprint density at radius 1 is 1.00 bits per heavy atom. The summed E-state index contributed by atoms with van der Waals surface area (Å²) < 4.78 is 0. The molecule has 0 aromatic heterocycles. The Morgan fingerprint density at radius 2 is 1.61 bits per heavy atom. The van der Waals surface area contributed by atoms with E-state index in [-0.39, 0.29) is 29.3 Å². The zero-order valence-corrected chi connectivity index (χ0v) is 13.8. The molecule has 126 valence electrons. The summed E-state index contributed by atoms with van der Waals surface area (Å²) >= 11 is 0. The van der Waals surface area contributed by atoms with Gasteiger partial charge in [-0.1, -0.05) is 32.9 Å². The third-order valence-electron chi connectivity index (χ3n) is 3.07. The van der Waals surface area contributed by atoms with Crippen LogP contribution in [-0.2, 0) is 16.0 Å². The fraction of sp³-hybridized carbons (Fsp3) is 0.471. The zero-order chi connectivity index (χ0) is 17.5. The standard InChI is InChI=1S/C17H24N2O4/c1-17(2,3)10-14(20)19-11-15(21)18-9-8-12-4-6-13(7-5-12)16(22)23/h4-7H,8-11H2,1-3H3,(H,18,21)(H,19,20)(H,22,23). The van der Waals surface area contributed by atoms with Gasteiger partial charge < -0.3 is 15.7 Å². The van der Waals surface area contributed by atoms with Crippen LogP contribution in [0.25, 0.3) is 0 Å². The lowest BCUT2D eigenvalue weighted by atomic mass is 9.92. The molecular weight excluding hydrogens is 296 g/mol. The van der Waals surface area contributed by atoms with Crippen LogP contribution in [0.4, 0.5) is 0 Å². The minimum atomic E-state index is -0.962. The molecule has 0 aliphatic heterocycles. The van der Waals surface area contributed by atoms with E-state index in [2.05, 4.69) is 10.6 Å². The Hall–Kier alpha value is -2.37. The molecular formula is C17H24N2O4. The van der Waals surface area contributed by atoms with Gasteiger partial charge in [0, 0.05) is 13.0 Å². The number of amides is 2. The third-order valence-corrected chi connectivity index (χ3v) is 3.07. The molecule has 0 saturated heterocycles. The van der Waals surface area contributed by atoms with E-state index in [1.165, 1.54) is 12.1 Å². The highest BCUT2D eigenvalue weighted by Crippen LogP contribution is 2.17. The van der Waals surface area contributed by atoms with Crippen molar-refractivity contribution in [1.29, 1.82) is 0 Å². The maximum atomic E-state index is 11.6. The number of rotatable bonds is 7. The van der Waals surface area contributed by atoms with E-state index in [1.807, 2.05) is 20.8 Å². The molecule has 2 amide bonds. The molecule has 1 aromatic carbocycles. The van der Waals surface area contributed by atoms with Gasteiger partial charge in [0.2, 0.25) is 11.8 Å². The highest BCUT2D eigenvalue weighted by molar-refractivity contribution is 5.87. The first-order chi connectivity index (χ1) is 10.7. The van der Waals surface area contributed by atoms with Crippen molar-refractivity contribution in [2.45, 2.75) is 33.6 Å². The van der Waals surface area contributed by atoms with E-state index in [0.29, 0.717) is 19.4 Å². The number of aromatic carboxylic acids is 1. The highest BCUT2D eigenvalue weighted by atomic mass is 16.4. The summed E-state index contributed by atoms with van der Waals surface area (Å²) in [7, 11) is 0. The van der Waals surface area contributed by atoms with Gasteiger partial charge in [-0.05, 0) is 29.5 Å². The van der Waals surface area contributed by atoms with Crippen molar-refractivity contribution in [1.82, 2.24) is 10.6 Å². The lowest BCUT2D eigenvalue weighted by Gasteiger charge is -2.17. The average Bonchev–Trinajstić information content (AvgIpc) is 2.44. The first-order valence-corrected chi connectivity index (χ1v) is 7.53. The minimum Gasteiger partial charge on any atom is -0.478 e. The van der Waals surface area contributed by atoms with Gasteiger partial charge in [0.25, 0.3) is 0 Å². The van der Waals surface area contributed by atoms with E-state index in [1.54, 1.807) is 12.1 Å². The van der Waals surface area contributed by atoms with Gasteiger partial charge >= 0.3 is 5.97 Å². The van der Waals surface area contributed by atoms with E-state index < -0.39 is 5.97 Å². The van der Waals surface area contributed by atoms with Crippen molar-refractivity contribution in [3.63, 3.8) is 0 Å². The van der Waals surface area contributed by atoms with Crippen LogP contribution in [0.3, 0.4) is 0 Å². The Morgan fingerprint density at radius 3 is 2.13 bits per heavy atom. The topological polar surface area (TPSA) is 95.5 Å². The van der Waals surface area contributed by atoms with Gasteiger partial charge in [-0.25, -0.2) is 4.79 Å². The second kappa shape index (κ2) is 8.31. The van der Waals surface area contributed by atoms with E-state index in [4.69, 9.17) is 5.11 Å². The molecule has 23 heavy (non-hydrogen) atoms. The largest absolute Gasteiger partial charge is 0.478 e. The molecule has 0 aliphatic rings. The summed E-state index contributed by atoms with van der Waals surface area (Å²) in [6.45, 7) is 6.28. The maximum Gasteiger partial charge on any atom is 0.335 e. The Labute approximate surface area is 136 Å².